The molecule has 0 aliphatic rings. The van der Waals surface area contributed by atoms with Crippen molar-refractivity contribution in [1.29, 1.82) is 0 Å². The fourth-order valence-electron chi connectivity index (χ4n) is 2.42. The van der Waals surface area contributed by atoms with Crippen molar-refractivity contribution in [2.45, 2.75) is 97.1 Å². The molecule has 4 heteroatoms. The molecule has 1 unspecified atom stereocenters. The fraction of sp³-hybridized carbons (Fsp3) is 0.944. The summed E-state index contributed by atoms with van der Waals surface area (Å²) in [6.07, 6.45) is 14.1. The van der Waals surface area contributed by atoms with Gasteiger partial charge in [0.15, 0.2) is 0 Å². The van der Waals surface area contributed by atoms with E-state index in [9.17, 15) is 9.90 Å². The first-order chi connectivity index (χ1) is 10.4. The lowest BCUT2D eigenvalue weighted by molar-refractivity contribution is -0.966. The molecule has 0 bridgehead atoms. The lowest BCUT2D eigenvalue weighted by Gasteiger charge is -2.31. The summed E-state index contributed by atoms with van der Waals surface area (Å²) in [7, 11) is 3.59. The molecule has 0 radical (unpaired) electrons. The molecule has 0 aliphatic carbocycles. The molecule has 0 saturated heterocycles. The van der Waals surface area contributed by atoms with Gasteiger partial charge < -0.3 is 5.11 Å². The number of nitrogens with one attached hydrogen (secondary N) is 1. The second-order valence-corrected chi connectivity index (χ2v) is 6.99. The SMILES string of the molecule is CCCCCCCCCCCCCC(=O)N[N+](C)(C)C(C)O. The molecule has 0 aromatic heterocycles. The monoisotopic (exact) mass is 315 g/mol. The van der Waals surface area contributed by atoms with Gasteiger partial charge in [0, 0.05) is 13.3 Å². The summed E-state index contributed by atoms with van der Waals surface area (Å²) in [4.78, 5) is 11.8. The molecule has 2 N–H and O–H groups in total. The minimum Gasteiger partial charge on any atom is -0.343 e. The molecule has 0 rings (SSSR count). The number of hydrogen-bond donors (Lipinski definition) is 2. The molecule has 1 amide bonds. The van der Waals surface area contributed by atoms with E-state index >= 15 is 0 Å². The Morgan fingerprint density at radius 3 is 1.73 bits per heavy atom. The molecule has 0 fully saturated rings. The van der Waals surface area contributed by atoms with Crippen LogP contribution in [0.3, 0.4) is 0 Å². The Bertz CT molecular complexity index is 278. The van der Waals surface area contributed by atoms with E-state index in [0.29, 0.717) is 6.42 Å². The summed E-state index contributed by atoms with van der Waals surface area (Å²) < 4.78 is 0.122. The quantitative estimate of drug-likeness (QED) is 0.219. The third-order valence-corrected chi connectivity index (χ3v) is 4.35. The maximum atomic E-state index is 11.8. The molecule has 22 heavy (non-hydrogen) atoms. The summed E-state index contributed by atoms with van der Waals surface area (Å²) in [5.41, 5.74) is 2.84. The zero-order valence-electron chi connectivity index (χ0n) is 15.4. The van der Waals surface area contributed by atoms with Gasteiger partial charge in [-0.1, -0.05) is 71.1 Å². The number of quaternary nitrogens is 1. The molecule has 0 aliphatic heterocycles. The molecular formula is C18H39N2O2+. The predicted molar refractivity (Wildman–Crippen MR) is 93.0 cm³/mol. The van der Waals surface area contributed by atoms with Gasteiger partial charge in [-0.3, -0.25) is 4.79 Å². The van der Waals surface area contributed by atoms with Crippen LogP contribution in [0, 0.1) is 0 Å². The molecule has 0 aromatic carbocycles. The van der Waals surface area contributed by atoms with E-state index in [1.54, 1.807) is 21.0 Å². The highest BCUT2D eigenvalue weighted by atomic mass is 16.3. The van der Waals surface area contributed by atoms with Crippen LogP contribution in [0.2, 0.25) is 0 Å². The normalized spacial score (nSPS) is 13.1. The highest BCUT2D eigenvalue weighted by molar-refractivity contribution is 5.74. The third kappa shape index (κ3) is 12.0. The number of nitrogens with zero attached hydrogens (tertiary/aromatic N) is 1. The summed E-state index contributed by atoms with van der Waals surface area (Å²) in [5.74, 6) is 0.0295. The standard InChI is InChI=1S/C18H38N2O2/c1-5-6-7-8-9-10-11-12-13-14-15-16-18(22)19-20(3,4)17(2)21/h17,21H,5-16H2,1-4H3/p+1. The highest BCUT2D eigenvalue weighted by Crippen LogP contribution is 2.12. The van der Waals surface area contributed by atoms with Gasteiger partial charge in [-0.15, -0.1) is 0 Å². The van der Waals surface area contributed by atoms with Crippen LogP contribution in [0.1, 0.15) is 90.9 Å². The van der Waals surface area contributed by atoms with Gasteiger partial charge in [-0.05, 0) is 6.42 Å². The van der Waals surface area contributed by atoms with Crippen molar-refractivity contribution in [3.05, 3.63) is 0 Å². The zero-order valence-corrected chi connectivity index (χ0v) is 15.4. The average molecular weight is 316 g/mol. The third-order valence-electron chi connectivity index (χ3n) is 4.35. The molecule has 0 heterocycles. The lowest BCUT2D eigenvalue weighted by atomic mass is 10.1. The van der Waals surface area contributed by atoms with E-state index in [0.717, 1.165) is 12.8 Å². The summed E-state index contributed by atoms with van der Waals surface area (Å²) in [6.45, 7) is 3.94. The van der Waals surface area contributed by atoms with Crippen molar-refractivity contribution >= 4 is 5.91 Å². The van der Waals surface area contributed by atoms with Crippen molar-refractivity contribution in [2.24, 2.45) is 0 Å². The number of carbonyl (C=O) groups is 1. The Morgan fingerprint density at radius 1 is 0.909 bits per heavy atom. The van der Waals surface area contributed by atoms with Gasteiger partial charge in [0.2, 0.25) is 6.23 Å². The number of amides is 1. The first-order valence-corrected chi connectivity index (χ1v) is 9.23. The zero-order chi connectivity index (χ0) is 16.8. The van der Waals surface area contributed by atoms with Crippen LogP contribution in [0.4, 0.5) is 0 Å². The Morgan fingerprint density at radius 2 is 1.32 bits per heavy atom. The van der Waals surface area contributed by atoms with Crippen molar-refractivity contribution in [3.63, 3.8) is 0 Å². The van der Waals surface area contributed by atoms with Gasteiger partial charge in [-0.2, -0.15) is 0 Å². The predicted octanol–water partition coefficient (Wildman–Crippen LogP) is 4.13. The van der Waals surface area contributed by atoms with Crippen molar-refractivity contribution < 1.29 is 14.5 Å². The molecule has 132 valence electrons. The van der Waals surface area contributed by atoms with Crippen molar-refractivity contribution in [2.75, 3.05) is 14.1 Å². The number of aliphatic hydroxyl groups is 1. The lowest BCUT2D eigenvalue weighted by Crippen LogP contribution is -2.59. The molecule has 0 saturated carbocycles. The topological polar surface area (TPSA) is 49.3 Å². The largest absolute Gasteiger partial charge is 0.343 e. The van der Waals surface area contributed by atoms with E-state index in [1.165, 1.54) is 57.8 Å². The Hall–Kier alpha value is -0.610. The average Bonchev–Trinajstić information content (AvgIpc) is 2.44. The second kappa shape index (κ2) is 12.9. The number of carbonyl (C=O) groups excluding carboxylic acids is 1. The Labute approximate surface area is 137 Å². The van der Waals surface area contributed by atoms with Gasteiger partial charge in [-0.25, -0.2) is 10.0 Å². The maximum Gasteiger partial charge on any atom is 0.265 e. The molecule has 0 spiro atoms. The second-order valence-electron chi connectivity index (χ2n) is 6.99. The van der Waals surface area contributed by atoms with Crippen LogP contribution >= 0.6 is 0 Å². The highest BCUT2D eigenvalue weighted by Gasteiger charge is 2.24. The van der Waals surface area contributed by atoms with Crippen molar-refractivity contribution in [3.8, 4) is 0 Å². The number of rotatable bonds is 14. The first kappa shape index (κ1) is 21.4. The molecule has 4 nitrogen and oxygen atoms in total. The van der Waals surface area contributed by atoms with E-state index in [4.69, 9.17) is 0 Å². The number of hydrogen-bond acceptors (Lipinski definition) is 2. The summed E-state index contributed by atoms with van der Waals surface area (Å²) in [5, 5.41) is 9.55. The van der Waals surface area contributed by atoms with Crippen LogP contribution in [0.25, 0.3) is 0 Å². The first-order valence-electron chi connectivity index (χ1n) is 9.23. The number of unbranched alkanes of at least 4 members (excludes halogenated alkanes) is 10. The Balaban J connectivity index is 3.37. The van der Waals surface area contributed by atoms with E-state index in [1.807, 2.05) is 0 Å². The van der Waals surface area contributed by atoms with Crippen LogP contribution in [-0.4, -0.2) is 35.9 Å². The number of aliphatic hydroxyl groups excluding tert-OH is 1. The van der Waals surface area contributed by atoms with Crippen LogP contribution in [0.15, 0.2) is 0 Å². The van der Waals surface area contributed by atoms with Crippen LogP contribution < -0.4 is 5.43 Å². The van der Waals surface area contributed by atoms with E-state index in [-0.39, 0.29) is 10.5 Å². The van der Waals surface area contributed by atoms with Crippen molar-refractivity contribution in [1.82, 2.24) is 5.43 Å². The molecular weight excluding hydrogens is 276 g/mol. The van der Waals surface area contributed by atoms with Crippen LogP contribution in [0.5, 0.6) is 0 Å². The minimum atomic E-state index is -0.596. The van der Waals surface area contributed by atoms with Gasteiger partial charge >= 0.3 is 0 Å². The van der Waals surface area contributed by atoms with Gasteiger partial charge in [0.05, 0.1) is 14.1 Å². The van der Waals surface area contributed by atoms with E-state index < -0.39 is 6.23 Å². The minimum absolute atomic E-state index is 0.0295. The van der Waals surface area contributed by atoms with Gasteiger partial charge in [0.1, 0.15) is 0 Å². The maximum absolute atomic E-state index is 11.8. The summed E-state index contributed by atoms with van der Waals surface area (Å²) >= 11 is 0. The van der Waals surface area contributed by atoms with Gasteiger partial charge in [0.25, 0.3) is 5.91 Å². The molecule has 0 aromatic rings. The summed E-state index contributed by atoms with van der Waals surface area (Å²) in [6, 6.07) is 0. The van der Waals surface area contributed by atoms with E-state index in [2.05, 4.69) is 12.3 Å². The van der Waals surface area contributed by atoms with Crippen LogP contribution in [-0.2, 0) is 4.79 Å². The smallest absolute Gasteiger partial charge is 0.265 e. The Kier molecular flexibility index (Phi) is 12.5. The fourth-order valence-corrected chi connectivity index (χ4v) is 2.42. The molecule has 1 atom stereocenters.